The topological polar surface area (TPSA) is 47.6 Å². The molecule has 1 atom stereocenters. The van der Waals surface area contributed by atoms with Crippen molar-refractivity contribution in [3.8, 4) is 0 Å². The van der Waals surface area contributed by atoms with E-state index >= 15 is 0 Å². The van der Waals surface area contributed by atoms with E-state index in [1.165, 1.54) is 7.11 Å². The molecular formula is C11H23NO3. The minimum atomic E-state index is -0.166. The van der Waals surface area contributed by atoms with Crippen molar-refractivity contribution in [2.75, 3.05) is 27.4 Å². The standard InChI is InChI=1S/C11H23NO3/c1-4-5-7-10(11(13)15-3)12-8-6-9-14-2/h10,12H,4-9H2,1-3H3. The molecule has 0 amide bonds. The number of hydrogen-bond donors (Lipinski definition) is 1. The molecule has 0 aliphatic heterocycles. The van der Waals surface area contributed by atoms with Crippen LogP contribution in [-0.4, -0.2) is 39.4 Å². The molecule has 1 unspecified atom stereocenters. The third-order valence-electron chi connectivity index (χ3n) is 2.25. The molecule has 0 aliphatic carbocycles. The number of rotatable bonds is 9. The number of esters is 1. The van der Waals surface area contributed by atoms with E-state index < -0.39 is 0 Å². The van der Waals surface area contributed by atoms with Crippen molar-refractivity contribution in [1.82, 2.24) is 5.32 Å². The van der Waals surface area contributed by atoms with Gasteiger partial charge in [0.1, 0.15) is 6.04 Å². The molecule has 0 aliphatic rings. The first-order valence-electron chi connectivity index (χ1n) is 5.56. The van der Waals surface area contributed by atoms with Crippen LogP contribution in [0.5, 0.6) is 0 Å². The van der Waals surface area contributed by atoms with E-state index in [-0.39, 0.29) is 12.0 Å². The molecule has 90 valence electrons. The lowest BCUT2D eigenvalue weighted by Gasteiger charge is -2.15. The minimum absolute atomic E-state index is 0.160. The van der Waals surface area contributed by atoms with Gasteiger partial charge in [-0.2, -0.15) is 0 Å². The average molecular weight is 217 g/mol. The first kappa shape index (κ1) is 14.4. The van der Waals surface area contributed by atoms with Gasteiger partial charge in [0.15, 0.2) is 0 Å². The summed E-state index contributed by atoms with van der Waals surface area (Å²) in [4.78, 5) is 11.4. The lowest BCUT2D eigenvalue weighted by molar-refractivity contribution is -0.143. The zero-order valence-corrected chi connectivity index (χ0v) is 10.0. The van der Waals surface area contributed by atoms with E-state index in [0.717, 1.165) is 32.2 Å². The van der Waals surface area contributed by atoms with Gasteiger partial charge >= 0.3 is 5.97 Å². The molecule has 0 heterocycles. The molecule has 15 heavy (non-hydrogen) atoms. The van der Waals surface area contributed by atoms with Gasteiger partial charge < -0.3 is 14.8 Å². The van der Waals surface area contributed by atoms with E-state index in [0.29, 0.717) is 6.61 Å². The van der Waals surface area contributed by atoms with Crippen LogP contribution in [-0.2, 0) is 14.3 Å². The molecule has 1 N–H and O–H groups in total. The molecular weight excluding hydrogens is 194 g/mol. The van der Waals surface area contributed by atoms with Gasteiger partial charge in [0, 0.05) is 13.7 Å². The predicted molar refractivity (Wildman–Crippen MR) is 59.8 cm³/mol. The number of nitrogens with one attached hydrogen (secondary N) is 1. The maximum absolute atomic E-state index is 11.4. The summed E-state index contributed by atoms with van der Waals surface area (Å²) in [5, 5.41) is 3.19. The molecule has 0 aromatic carbocycles. The van der Waals surface area contributed by atoms with Crippen LogP contribution >= 0.6 is 0 Å². The van der Waals surface area contributed by atoms with Crippen molar-refractivity contribution in [2.45, 2.75) is 38.6 Å². The van der Waals surface area contributed by atoms with Crippen molar-refractivity contribution < 1.29 is 14.3 Å². The van der Waals surface area contributed by atoms with Crippen molar-refractivity contribution in [3.05, 3.63) is 0 Å². The van der Waals surface area contributed by atoms with Crippen LogP contribution < -0.4 is 5.32 Å². The second-order valence-corrected chi connectivity index (χ2v) is 3.52. The number of hydrogen-bond acceptors (Lipinski definition) is 4. The normalized spacial score (nSPS) is 12.5. The summed E-state index contributed by atoms with van der Waals surface area (Å²) in [6.45, 7) is 3.62. The highest BCUT2D eigenvalue weighted by Crippen LogP contribution is 2.02. The molecule has 0 saturated carbocycles. The summed E-state index contributed by atoms with van der Waals surface area (Å²) in [7, 11) is 3.10. The molecule has 0 radical (unpaired) electrons. The van der Waals surface area contributed by atoms with E-state index in [2.05, 4.69) is 12.2 Å². The van der Waals surface area contributed by atoms with Crippen LogP contribution in [0.1, 0.15) is 32.6 Å². The number of carbonyl (C=O) groups is 1. The largest absolute Gasteiger partial charge is 0.468 e. The Morgan fingerprint density at radius 1 is 1.33 bits per heavy atom. The van der Waals surface area contributed by atoms with E-state index in [9.17, 15) is 4.79 Å². The fraction of sp³-hybridized carbons (Fsp3) is 0.909. The maximum atomic E-state index is 11.4. The lowest BCUT2D eigenvalue weighted by Crippen LogP contribution is -2.38. The smallest absolute Gasteiger partial charge is 0.322 e. The van der Waals surface area contributed by atoms with Crippen molar-refractivity contribution in [3.63, 3.8) is 0 Å². The van der Waals surface area contributed by atoms with Gasteiger partial charge in [-0.15, -0.1) is 0 Å². The Labute approximate surface area is 92.3 Å². The molecule has 0 spiro atoms. The fourth-order valence-electron chi connectivity index (χ4n) is 1.35. The first-order chi connectivity index (χ1) is 7.26. The molecule has 0 rings (SSSR count). The van der Waals surface area contributed by atoms with Gasteiger partial charge in [-0.05, 0) is 19.4 Å². The SMILES string of the molecule is CCCCC(NCCCOC)C(=O)OC. The second kappa shape index (κ2) is 9.93. The molecule has 4 nitrogen and oxygen atoms in total. The third-order valence-corrected chi connectivity index (χ3v) is 2.25. The predicted octanol–water partition coefficient (Wildman–Crippen LogP) is 1.34. The summed E-state index contributed by atoms with van der Waals surface area (Å²) in [5.74, 6) is -0.166. The summed E-state index contributed by atoms with van der Waals surface area (Å²) < 4.78 is 9.67. The Hall–Kier alpha value is -0.610. The van der Waals surface area contributed by atoms with Crippen LogP contribution in [0.2, 0.25) is 0 Å². The van der Waals surface area contributed by atoms with Crippen LogP contribution in [0, 0.1) is 0 Å². The molecule has 4 heteroatoms. The molecule has 0 saturated heterocycles. The Balaban J connectivity index is 3.74. The summed E-state index contributed by atoms with van der Waals surface area (Å²) in [6, 6.07) is -0.160. The van der Waals surface area contributed by atoms with E-state index in [1.54, 1.807) is 7.11 Å². The lowest BCUT2D eigenvalue weighted by atomic mass is 10.1. The number of carbonyl (C=O) groups excluding carboxylic acids is 1. The first-order valence-corrected chi connectivity index (χ1v) is 5.56. The molecule has 0 aromatic rings. The Kier molecular flexibility index (Phi) is 9.52. The Morgan fingerprint density at radius 2 is 2.07 bits per heavy atom. The number of methoxy groups -OCH3 is 2. The van der Waals surface area contributed by atoms with Gasteiger partial charge in [0.25, 0.3) is 0 Å². The quantitative estimate of drug-likeness (QED) is 0.468. The Bertz CT molecular complexity index is 162. The van der Waals surface area contributed by atoms with Gasteiger partial charge in [-0.1, -0.05) is 19.8 Å². The van der Waals surface area contributed by atoms with E-state index in [1.807, 2.05) is 0 Å². The Morgan fingerprint density at radius 3 is 2.60 bits per heavy atom. The van der Waals surface area contributed by atoms with Gasteiger partial charge in [0.05, 0.1) is 7.11 Å². The minimum Gasteiger partial charge on any atom is -0.468 e. The van der Waals surface area contributed by atoms with Crippen LogP contribution in [0.4, 0.5) is 0 Å². The highest BCUT2D eigenvalue weighted by molar-refractivity contribution is 5.75. The van der Waals surface area contributed by atoms with Crippen molar-refractivity contribution in [1.29, 1.82) is 0 Å². The van der Waals surface area contributed by atoms with Crippen molar-refractivity contribution >= 4 is 5.97 Å². The van der Waals surface area contributed by atoms with Gasteiger partial charge in [-0.25, -0.2) is 0 Å². The fourth-order valence-corrected chi connectivity index (χ4v) is 1.35. The molecule has 0 bridgehead atoms. The van der Waals surface area contributed by atoms with Crippen LogP contribution in [0.25, 0.3) is 0 Å². The molecule has 0 aromatic heterocycles. The monoisotopic (exact) mass is 217 g/mol. The molecule has 0 fully saturated rings. The summed E-state index contributed by atoms with van der Waals surface area (Å²) >= 11 is 0. The van der Waals surface area contributed by atoms with Crippen molar-refractivity contribution in [2.24, 2.45) is 0 Å². The highest BCUT2D eigenvalue weighted by atomic mass is 16.5. The van der Waals surface area contributed by atoms with Crippen LogP contribution in [0.3, 0.4) is 0 Å². The van der Waals surface area contributed by atoms with Crippen LogP contribution in [0.15, 0.2) is 0 Å². The summed E-state index contributed by atoms with van der Waals surface area (Å²) in [5.41, 5.74) is 0. The van der Waals surface area contributed by atoms with Gasteiger partial charge in [0.2, 0.25) is 0 Å². The average Bonchev–Trinajstić information content (AvgIpc) is 2.27. The van der Waals surface area contributed by atoms with Gasteiger partial charge in [-0.3, -0.25) is 4.79 Å². The maximum Gasteiger partial charge on any atom is 0.322 e. The number of unbranched alkanes of at least 4 members (excludes halogenated alkanes) is 1. The third kappa shape index (κ3) is 7.33. The second-order valence-electron chi connectivity index (χ2n) is 3.52. The van der Waals surface area contributed by atoms with E-state index in [4.69, 9.17) is 9.47 Å². The zero-order chi connectivity index (χ0) is 11.5. The summed E-state index contributed by atoms with van der Waals surface area (Å²) in [6.07, 6.45) is 3.89. The number of ether oxygens (including phenoxy) is 2. The zero-order valence-electron chi connectivity index (χ0n) is 10.0. The highest BCUT2D eigenvalue weighted by Gasteiger charge is 2.16.